The number of rotatable bonds is 9. The van der Waals surface area contributed by atoms with Gasteiger partial charge in [0.25, 0.3) is 0 Å². The van der Waals surface area contributed by atoms with E-state index in [1.54, 1.807) is 0 Å². The minimum atomic E-state index is -3.65. The molecule has 1 aliphatic rings. The van der Waals surface area contributed by atoms with Gasteiger partial charge in [-0.3, -0.25) is 4.18 Å². The summed E-state index contributed by atoms with van der Waals surface area (Å²) < 4.78 is 31.9. The molecule has 0 spiro atoms. The first kappa shape index (κ1) is 21.2. The molecule has 0 amide bonds. The highest BCUT2D eigenvalue weighted by atomic mass is 35.5. The smallest absolute Gasteiger partial charge is 0.336 e. The molecule has 0 unspecified atom stereocenters. The minimum absolute atomic E-state index is 0. The fourth-order valence-corrected chi connectivity index (χ4v) is 4.00. The summed E-state index contributed by atoms with van der Waals surface area (Å²) in [5.74, 6) is 0. The maximum Gasteiger partial charge on any atom is 0.336 e. The van der Waals surface area contributed by atoms with E-state index in [9.17, 15) is 8.42 Å². The molecule has 0 saturated heterocycles. The third-order valence-electron chi connectivity index (χ3n) is 4.13. The number of benzene rings is 1. The average molecular weight is 377 g/mol. The van der Waals surface area contributed by atoms with Crippen LogP contribution in [0.3, 0.4) is 0 Å². The normalized spacial score (nSPS) is 15.7. The van der Waals surface area contributed by atoms with Crippen LogP contribution in [0, 0.1) is 0 Å². The molecule has 2 rings (SSSR count). The predicted octanol–water partition coefficient (Wildman–Crippen LogP) is 3.51. The van der Waals surface area contributed by atoms with E-state index in [4.69, 9.17) is 4.18 Å². The molecule has 1 saturated carbocycles. The van der Waals surface area contributed by atoms with E-state index >= 15 is 0 Å². The van der Waals surface area contributed by atoms with Crippen LogP contribution in [0.5, 0.6) is 0 Å². The lowest BCUT2D eigenvalue weighted by Gasteiger charge is -2.25. The number of anilines is 1. The van der Waals surface area contributed by atoms with Gasteiger partial charge in [-0.2, -0.15) is 13.1 Å². The van der Waals surface area contributed by atoms with Gasteiger partial charge in [0.1, 0.15) is 0 Å². The van der Waals surface area contributed by atoms with Crippen molar-refractivity contribution in [3.63, 3.8) is 0 Å². The van der Waals surface area contributed by atoms with Crippen molar-refractivity contribution in [3.05, 3.63) is 30.3 Å². The van der Waals surface area contributed by atoms with Crippen molar-refractivity contribution in [2.24, 2.45) is 0 Å². The molecule has 1 aromatic carbocycles. The molecule has 0 aliphatic heterocycles. The number of hydrogen-bond donors (Lipinski definition) is 1. The van der Waals surface area contributed by atoms with Crippen molar-refractivity contribution in [1.29, 1.82) is 0 Å². The molecular formula is C17H29ClN2O3S. The van der Waals surface area contributed by atoms with Gasteiger partial charge >= 0.3 is 10.3 Å². The minimum Gasteiger partial charge on any atom is -0.369 e. The van der Waals surface area contributed by atoms with Crippen LogP contribution in [0.1, 0.15) is 45.4 Å². The Morgan fingerprint density at radius 2 is 1.79 bits per heavy atom. The van der Waals surface area contributed by atoms with E-state index in [0.717, 1.165) is 44.3 Å². The number of nitrogens with zero attached hydrogens (tertiary/aromatic N) is 1. The first-order valence-electron chi connectivity index (χ1n) is 8.57. The van der Waals surface area contributed by atoms with E-state index in [-0.39, 0.29) is 25.1 Å². The van der Waals surface area contributed by atoms with Gasteiger partial charge in [0, 0.05) is 24.8 Å². The van der Waals surface area contributed by atoms with Gasteiger partial charge in [-0.1, -0.05) is 44.4 Å². The largest absolute Gasteiger partial charge is 0.369 e. The summed E-state index contributed by atoms with van der Waals surface area (Å²) in [5, 5.41) is 0. The van der Waals surface area contributed by atoms with E-state index in [1.807, 2.05) is 30.3 Å². The number of halogens is 1. The second kappa shape index (κ2) is 10.9. The molecule has 1 N–H and O–H groups in total. The molecule has 1 aliphatic carbocycles. The zero-order valence-corrected chi connectivity index (χ0v) is 15.9. The maximum absolute atomic E-state index is 12.0. The lowest BCUT2D eigenvalue weighted by molar-refractivity contribution is 0.304. The maximum atomic E-state index is 12.0. The number of nitrogens with one attached hydrogen (secondary N) is 1. The van der Waals surface area contributed by atoms with Gasteiger partial charge in [0.2, 0.25) is 0 Å². The molecular weight excluding hydrogens is 348 g/mol. The van der Waals surface area contributed by atoms with Crippen molar-refractivity contribution in [2.75, 3.05) is 24.6 Å². The second-order valence-corrected chi connectivity index (χ2v) is 7.43. The highest BCUT2D eigenvalue weighted by molar-refractivity contribution is 7.84. The van der Waals surface area contributed by atoms with Crippen LogP contribution in [0.4, 0.5) is 5.69 Å². The van der Waals surface area contributed by atoms with Crippen LogP contribution in [-0.4, -0.2) is 34.2 Å². The Bertz CT molecular complexity index is 548. The van der Waals surface area contributed by atoms with Crippen LogP contribution in [0.15, 0.2) is 30.3 Å². The average Bonchev–Trinajstić information content (AvgIpc) is 2.55. The van der Waals surface area contributed by atoms with Crippen LogP contribution in [0.25, 0.3) is 0 Å². The Labute approximate surface area is 152 Å². The summed E-state index contributed by atoms with van der Waals surface area (Å²) in [4.78, 5) is 2.15. The van der Waals surface area contributed by atoms with E-state index in [2.05, 4.69) is 16.5 Å². The Balaban J connectivity index is 0.00000288. The molecule has 7 heteroatoms. The lowest BCUT2D eigenvalue weighted by Crippen LogP contribution is -2.38. The Morgan fingerprint density at radius 1 is 1.12 bits per heavy atom. The zero-order chi connectivity index (χ0) is 16.5. The molecule has 0 aromatic heterocycles. The Kier molecular flexibility index (Phi) is 9.66. The highest BCUT2D eigenvalue weighted by Crippen LogP contribution is 2.18. The van der Waals surface area contributed by atoms with Crippen molar-refractivity contribution >= 4 is 28.4 Å². The van der Waals surface area contributed by atoms with Gasteiger partial charge in [0.05, 0.1) is 6.61 Å². The molecule has 0 bridgehead atoms. The zero-order valence-electron chi connectivity index (χ0n) is 14.3. The quantitative estimate of drug-likeness (QED) is 0.716. The van der Waals surface area contributed by atoms with Gasteiger partial charge in [-0.15, -0.1) is 12.4 Å². The molecule has 1 aromatic rings. The summed E-state index contributed by atoms with van der Waals surface area (Å²) >= 11 is 0. The van der Waals surface area contributed by atoms with Gasteiger partial charge in [-0.05, 0) is 31.4 Å². The van der Waals surface area contributed by atoms with Crippen LogP contribution >= 0.6 is 12.4 Å². The van der Waals surface area contributed by atoms with Gasteiger partial charge in [-0.25, -0.2) is 0 Å². The van der Waals surface area contributed by atoms with Gasteiger partial charge < -0.3 is 4.90 Å². The topological polar surface area (TPSA) is 58.6 Å². The van der Waals surface area contributed by atoms with Crippen molar-refractivity contribution in [2.45, 2.75) is 51.5 Å². The van der Waals surface area contributed by atoms with Crippen LogP contribution in [0.2, 0.25) is 0 Å². The molecule has 24 heavy (non-hydrogen) atoms. The SMILES string of the molecule is CCCN(CCOS(=O)(=O)NC1CCCCC1)c1ccccc1.Cl. The summed E-state index contributed by atoms with van der Waals surface area (Å²) in [6.45, 7) is 3.71. The second-order valence-electron chi connectivity index (χ2n) is 6.05. The van der Waals surface area contributed by atoms with Crippen LogP contribution in [-0.2, 0) is 14.5 Å². The predicted molar refractivity (Wildman–Crippen MR) is 101 cm³/mol. The first-order valence-corrected chi connectivity index (χ1v) is 9.98. The van der Waals surface area contributed by atoms with E-state index < -0.39 is 10.3 Å². The van der Waals surface area contributed by atoms with Crippen molar-refractivity contribution < 1.29 is 12.6 Å². The fraction of sp³-hybridized carbons (Fsp3) is 0.647. The molecule has 138 valence electrons. The van der Waals surface area contributed by atoms with Crippen molar-refractivity contribution in [3.8, 4) is 0 Å². The molecule has 5 nitrogen and oxygen atoms in total. The molecule has 0 heterocycles. The third-order valence-corrected chi connectivity index (χ3v) is 5.23. The van der Waals surface area contributed by atoms with Crippen LogP contribution < -0.4 is 9.62 Å². The van der Waals surface area contributed by atoms with E-state index in [1.165, 1.54) is 6.42 Å². The van der Waals surface area contributed by atoms with E-state index in [0.29, 0.717) is 6.54 Å². The fourth-order valence-electron chi connectivity index (χ4n) is 2.99. The Morgan fingerprint density at radius 3 is 2.42 bits per heavy atom. The molecule has 0 atom stereocenters. The van der Waals surface area contributed by atoms with Gasteiger partial charge in [0.15, 0.2) is 0 Å². The third kappa shape index (κ3) is 7.38. The standard InChI is InChI=1S/C17H28N2O3S.ClH/c1-2-13-19(17-11-7-4-8-12-17)14-15-22-23(20,21)18-16-9-5-3-6-10-16;/h4,7-8,11-12,16,18H,2-3,5-6,9-10,13-15H2,1H3;1H. The molecule has 1 fully saturated rings. The summed E-state index contributed by atoms with van der Waals surface area (Å²) in [6, 6.07) is 10.0. The summed E-state index contributed by atoms with van der Waals surface area (Å²) in [7, 11) is -3.65. The summed E-state index contributed by atoms with van der Waals surface area (Å²) in [5.41, 5.74) is 1.09. The highest BCUT2D eigenvalue weighted by Gasteiger charge is 2.20. The number of para-hydroxylation sites is 1. The number of hydrogen-bond acceptors (Lipinski definition) is 4. The first-order chi connectivity index (χ1) is 11.1. The Hall–Kier alpha value is -0.820. The summed E-state index contributed by atoms with van der Waals surface area (Å²) in [6.07, 6.45) is 6.20. The monoisotopic (exact) mass is 376 g/mol. The lowest BCUT2D eigenvalue weighted by atomic mass is 9.96. The molecule has 0 radical (unpaired) electrons. The van der Waals surface area contributed by atoms with Crippen molar-refractivity contribution in [1.82, 2.24) is 4.72 Å².